The number of hydrogen-bond donors (Lipinski definition) is 2. The molecule has 1 aliphatic carbocycles. The zero-order valence-electron chi connectivity index (χ0n) is 12.1. The summed E-state index contributed by atoms with van der Waals surface area (Å²) in [4.78, 5) is 10.6. The standard InChI is InChI=1S/C15H30N2O/c1-12(2)13-6-5-7-14(10-9-13)17-11-4-3-8-15(16)18/h12-14,17H,3-11H2,1-2H3,(H2,16,18). The number of nitrogens with two attached hydrogens (primary N) is 1. The van der Waals surface area contributed by atoms with Gasteiger partial charge >= 0.3 is 0 Å². The van der Waals surface area contributed by atoms with E-state index in [1.807, 2.05) is 0 Å². The maximum Gasteiger partial charge on any atom is 0.217 e. The van der Waals surface area contributed by atoms with Crippen LogP contribution in [0.3, 0.4) is 0 Å². The van der Waals surface area contributed by atoms with Gasteiger partial charge in [0.2, 0.25) is 5.91 Å². The second-order valence-electron chi connectivity index (χ2n) is 6.09. The van der Waals surface area contributed by atoms with Gasteiger partial charge in [-0.2, -0.15) is 0 Å². The minimum Gasteiger partial charge on any atom is -0.370 e. The normalized spacial score (nSPS) is 25.1. The summed E-state index contributed by atoms with van der Waals surface area (Å²) in [7, 11) is 0. The van der Waals surface area contributed by atoms with Gasteiger partial charge in [-0.15, -0.1) is 0 Å². The summed E-state index contributed by atoms with van der Waals surface area (Å²) in [5, 5.41) is 3.64. The highest BCUT2D eigenvalue weighted by atomic mass is 16.1. The van der Waals surface area contributed by atoms with Crippen LogP contribution in [0.2, 0.25) is 0 Å². The largest absolute Gasteiger partial charge is 0.370 e. The predicted octanol–water partition coefficient (Wildman–Crippen LogP) is 2.84. The zero-order chi connectivity index (χ0) is 13.4. The maximum absolute atomic E-state index is 10.6. The molecule has 0 aromatic carbocycles. The van der Waals surface area contributed by atoms with Crippen LogP contribution in [0, 0.1) is 11.8 Å². The molecule has 106 valence electrons. The minimum atomic E-state index is -0.177. The minimum absolute atomic E-state index is 0.177. The first-order chi connectivity index (χ1) is 8.59. The average Bonchev–Trinajstić information content (AvgIpc) is 2.53. The van der Waals surface area contributed by atoms with Gasteiger partial charge in [-0.25, -0.2) is 0 Å². The smallest absolute Gasteiger partial charge is 0.217 e. The summed E-state index contributed by atoms with van der Waals surface area (Å²) in [5.41, 5.74) is 5.12. The van der Waals surface area contributed by atoms with Crippen LogP contribution in [-0.2, 0) is 4.79 Å². The highest BCUT2D eigenvalue weighted by Crippen LogP contribution is 2.28. The molecule has 0 bridgehead atoms. The first-order valence-electron chi connectivity index (χ1n) is 7.61. The molecule has 0 heterocycles. The summed E-state index contributed by atoms with van der Waals surface area (Å²) in [6.45, 7) is 5.73. The Morgan fingerprint density at radius 1 is 1.22 bits per heavy atom. The van der Waals surface area contributed by atoms with E-state index in [4.69, 9.17) is 5.73 Å². The predicted molar refractivity (Wildman–Crippen MR) is 76.2 cm³/mol. The van der Waals surface area contributed by atoms with Crippen molar-refractivity contribution in [1.29, 1.82) is 0 Å². The van der Waals surface area contributed by atoms with Gasteiger partial charge in [0.15, 0.2) is 0 Å². The first-order valence-corrected chi connectivity index (χ1v) is 7.61. The summed E-state index contributed by atoms with van der Waals surface area (Å²) >= 11 is 0. The fraction of sp³-hybridized carbons (Fsp3) is 0.933. The molecule has 18 heavy (non-hydrogen) atoms. The van der Waals surface area contributed by atoms with Gasteiger partial charge in [0.1, 0.15) is 0 Å². The summed E-state index contributed by atoms with van der Waals surface area (Å²) in [5.74, 6) is 1.58. The van der Waals surface area contributed by atoms with Crippen LogP contribution in [0.4, 0.5) is 0 Å². The van der Waals surface area contributed by atoms with Crippen LogP contribution < -0.4 is 11.1 Å². The second kappa shape index (κ2) is 8.52. The molecular formula is C15H30N2O. The number of nitrogens with one attached hydrogen (secondary N) is 1. The molecule has 1 rings (SSSR count). The first kappa shape index (κ1) is 15.5. The van der Waals surface area contributed by atoms with Crippen molar-refractivity contribution in [2.75, 3.05) is 6.54 Å². The Balaban J connectivity index is 2.10. The van der Waals surface area contributed by atoms with Crippen molar-refractivity contribution >= 4 is 5.91 Å². The molecular weight excluding hydrogens is 224 g/mol. The molecule has 3 heteroatoms. The third kappa shape index (κ3) is 6.39. The van der Waals surface area contributed by atoms with Crippen LogP contribution >= 0.6 is 0 Å². The molecule has 1 amide bonds. The van der Waals surface area contributed by atoms with E-state index >= 15 is 0 Å². The van der Waals surface area contributed by atoms with Crippen molar-refractivity contribution in [3.63, 3.8) is 0 Å². The number of rotatable bonds is 7. The van der Waals surface area contributed by atoms with Crippen molar-refractivity contribution < 1.29 is 4.79 Å². The van der Waals surface area contributed by atoms with E-state index in [2.05, 4.69) is 19.2 Å². The fourth-order valence-corrected chi connectivity index (χ4v) is 2.93. The molecule has 1 fully saturated rings. The van der Waals surface area contributed by atoms with Crippen molar-refractivity contribution in [3.05, 3.63) is 0 Å². The molecule has 0 aromatic rings. The van der Waals surface area contributed by atoms with E-state index in [1.165, 1.54) is 32.1 Å². The molecule has 1 saturated carbocycles. The van der Waals surface area contributed by atoms with E-state index < -0.39 is 0 Å². The maximum atomic E-state index is 10.6. The fourth-order valence-electron chi connectivity index (χ4n) is 2.93. The summed E-state index contributed by atoms with van der Waals surface area (Å²) in [6, 6.07) is 0.697. The average molecular weight is 254 g/mol. The molecule has 2 unspecified atom stereocenters. The molecule has 0 saturated heterocycles. The number of unbranched alkanes of at least 4 members (excludes halogenated alkanes) is 1. The van der Waals surface area contributed by atoms with E-state index in [1.54, 1.807) is 0 Å². The Kier molecular flexibility index (Phi) is 7.33. The molecule has 3 nitrogen and oxygen atoms in total. The quantitative estimate of drug-likeness (QED) is 0.542. The topological polar surface area (TPSA) is 55.1 Å². The zero-order valence-corrected chi connectivity index (χ0v) is 12.1. The second-order valence-corrected chi connectivity index (χ2v) is 6.09. The van der Waals surface area contributed by atoms with Gasteiger partial charge in [-0.3, -0.25) is 4.79 Å². The Labute approximate surface area is 112 Å². The van der Waals surface area contributed by atoms with Crippen LogP contribution in [0.15, 0.2) is 0 Å². The third-order valence-electron chi connectivity index (χ3n) is 4.24. The number of amides is 1. The van der Waals surface area contributed by atoms with Gasteiger partial charge in [0, 0.05) is 12.5 Å². The summed E-state index contributed by atoms with van der Waals surface area (Å²) in [6.07, 6.45) is 9.28. The lowest BCUT2D eigenvalue weighted by atomic mass is 9.89. The van der Waals surface area contributed by atoms with Crippen LogP contribution in [0.1, 0.15) is 65.2 Å². The summed E-state index contributed by atoms with van der Waals surface area (Å²) < 4.78 is 0. The van der Waals surface area contributed by atoms with Gasteiger partial charge < -0.3 is 11.1 Å². The Morgan fingerprint density at radius 3 is 2.67 bits per heavy atom. The van der Waals surface area contributed by atoms with Crippen LogP contribution in [0.5, 0.6) is 0 Å². The van der Waals surface area contributed by atoms with E-state index in [-0.39, 0.29) is 5.91 Å². The number of carbonyl (C=O) groups is 1. The van der Waals surface area contributed by atoms with Crippen molar-refractivity contribution in [3.8, 4) is 0 Å². The Bertz CT molecular complexity index is 241. The molecule has 0 aliphatic heterocycles. The monoisotopic (exact) mass is 254 g/mol. The Morgan fingerprint density at radius 2 is 2.00 bits per heavy atom. The lowest BCUT2D eigenvalue weighted by molar-refractivity contribution is -0.118. The number of primary amides is 1. The van der Waals surface area contributed by atoms with Gasteiger partial charge in [-0.05, 0) is 50.5 Å². The molecule has 0 aromatic heterocycles. The van der Waals surface area contributed by atoms with Gasteiger partial charge in [-0.1, -0.05) is 26.7 Å². The lowest BCUT2D eigenvalue weighted by Gasteiger charge is -2.19. The van der Waals surface area contributed by atoms with Crippen molar-refractivity contribution in [2.24, 2.45) is 17.6 Å². The number of hydrogen-bond acceptors (Lipinski definition) is 2. The van der Waals surface area contributed by atoms with Gasteiger partial charge in [0.25, 0.3) is 0 Å². The molecule has 1 aliphatic rings. The molecule has 3 N–H and O–H groups in total. The van der Waals surface area contributed by atoms with Crippen LogP contribution in [-0.4, -0.2) is 18.5 Å². The molecule has 0 radical (unpaired) electrons. The third-order valence-corrected chi connectivity index (χ3v) is 4.24. The molecule has 2 atom stereocenters. The Hall–Kier alpha value is -0.570. The highest BCUT2D eigenvalue weighted by molar-refractivity contribution is 5.73. The molecule has 0 spiro atoms. The van der Waals surface area contributed by atoms with Gasteiger partial charge in [0.05, 0.1) is 0 Å². The lowest BCUT2D eigenvalue weighted by Crippen LogP contribution is -2.29. The van der Waals surface area contributed by atoms with Crippen molar-refractivity contribution in [1.82, 2.24) is 5.32 Å². The van der Waals surface area contributed by atoms with E-state index in [9.17, 15) is 4.79 Å². The SMILES string of the molecule is CC(C)C1CCCC(NCCCCC(N)=O)CC1. The van der Waals surface area contributed by atoms with E-state index in [0.29, 0.717) is 12.5 Å². The van der Waals surface area contributed by atoms with E-state index in [0.717, 1.165) is 31.2 Å². The number of carbonyl (C=O) groups excluding carboxylic acids is 1. The van der Waals surface area contributed by atoms with Crippen molar-refractivity contribution in [2.45, 2.75) is 71.3 Å². The van der Waals surface area contributed by atoms with Crippen LogP contribution in [0.25, 0.3) is 0 Å². The highest BCUT2D eigenvalue weighted by Gasteiger charge is 2.20.